The summed E-state index contributed by atoms with van der Waals surface area (Å²) in [6, 6.07) is 1.34. The molecule has 1 heterocycles. The van der Waals surface area contributed by atoms with Crippen LogP contribution < -0.4 is 10.9 Å². The van der Waals surface area contributed by atoms with Crippen LogP contribution in [0, 0.1) is 13.8 Å². The largest absolute Gasteiger partial charge is 0.462 e. The van der Waals surface area contributed by atoms with Gasteiger partial charge in [0.15, 0.2) is 0 Å². The number of nitrogens with one attached hydrogen (secondary N) is 1. The van der Waals surface area contributed by atoms with Gasteiger partial charge in [-0.05, 0) is 26.3 Å². The normalized spacial score (nSPS) is 10.1. The Morgan fingerprint density at radius 1 is 1.37 bits per heavy atom. The van der Waals surface area contributed by atoms with Crippen LogP contribution in [0.25, 0.3) is 0 Å². The highest BCUT2D eigenvalue weighted by Crippen LogP contribution is 2.12. The van der Waals surface area contributed by atoms with E-state index in [0.29, 0.717) is 16.8 Å². The fourth-order valence-electron chi connectivity index (χ4n) is 1.85. The Kier molecular flexibility index (Phi) is 4.86. The Morgan fingerprint density at radius 3 is 2.53 bits per heavy atom. The first kappa shape index (κ1) is 14.9. The molecular formula is C13H18N2O4. The van der Waals surface area contributed by atoms with Gasteiger partial charge < -0.3 is 14.6 Å². The first-order chi connectivity index (χ1) is 8.92. The molecule has 1 amide bonds. The summed E-state index contributed by atoms with van der Waals surface area (Å²) in [4.78, 5) is 35.1. The second kappa shape index (κ2) is 6.17. The Morgan fingerprint density at radius 2 is 2.00 bits per heavy atom. The quantitative estimate of drug-likeness (QED) is 0.800. The predicted octanol–water partition coefficient (Wildman–Crippen LogP) is 0.388. The van der Waals surface area contributed by atoms with E-state index in [-0.39, 0.29) is 24.6 Å². The molecule has 1 aromatic heterocycles. The van der Waals surface area contributed by atoms with Gasteiger partial charge in [0.2, 0.25) is 5.91 Å². The maximum atomic E-state index is 11.9. The first-order valence-electron chi connectivity index (χ1n) is 6.01. The van der Waals surface area contributed by atoms with E-state index in [1.165, 1.54) is 17.7 Å². The molecule has 0 spiro atoms. The van der Waals surface area contributed by atoms with Crippen molar-refractivity contribution in [3.63, 3.8) is 0 Å². The molecule has 0 aliphatic heterocycles. The van der Waals surface area contributed by atoms with Crippen LogP contribution in [0.15, 0.2) is 10.9 Å². The zero-order chi connectivity index (χ0) is 14.6. The van der Waals surface area contributed by atoms with Gasteiger partial charge in [-0.2, -0.15) is 0 Å². The Bertz CT molecular complexity index is 560. The summed E-state index contributed by atoms with van der Waals surface area (Å²) < 4.78 is 6.22. The molecule has 0 aliphatic rings. The number of aryl methyl sites for hydroxylation is 1. The summed E-state index contributed by atoms with van der Waals surface area (Å²) in [5.74, 6) is -0.785. The van der Waals surface area contributed by atoms with E-state index < -0.39 is 5.97 Å². The third-order valence-corrected chi connectivity index (χ3v) is 2.83. The maximum Gasteiger partial charge on any atom is 0.340 e. The smallest absolute Gasteiger partial charge is 0.340 e. The lowest BCUT2D eigenvalue weighted by atomic mass is 10.1. The number of ether oxygens (including phenoxy) is 1. The van der Waals surface area contributed by atoms with Gasteiger partial charge >= 0.3 is 5.97 Å². The van der Waals surface area contributed by atoms with Crippen LogP contribution in [-0.2, 0) is 16.1 Å². The molecule has 0 bridgehead atoms. The average Bonchev–Trinajstić information content (AvgIpc) is 2.34. The van der Waals surface area contributed by atoms with E-state index in [4.69, 9.17) is 4.74 Å². The number of carbonyl (C=O) groups is 2. The summed E-state index contributed by atoms with van der Waals surface area (Å²) in [6.45, 7) is 5.15. The Hall–Kier alpha value is -2.11. The van der Waals surface area contributed by atoms with Gasteiger partial charge in [0.25, 0.3) is 5.56 Å². The molecule has 19 heavy (non-hydrogen) atoms. The zero-order valence-corrected chi connectivity index (χ0v) is 11.6. The zero-order valence-electron chi connectivity index (χ0n) is 11.6. The molecule has 1 N–H and O–H groups in total. The topological polar surface area (TPSA) is 77.4 Å². The molecule has 0 saturated carbocycles. The molecular weight excluding hydrogens is 248 g/mol. The number of aromatic nitrogens is 1. The van der Waals surface area contributed by atoms with Crippen molar-refractivity contribution >= 4 is 11.9 Å². The number of hydrogen-bond acceptors (Lipinski definition) is 4. The molecule has 6 heteroatoms. The van der Waals surface area contributed by atoms with Crippen molar-refractivity contribution < 1.29 is 14.3 Å². The van der Waals surface area contributed by atoms with Crippen LogP contribution in [0.3, 0.4) is 0 Å². The van der Waals surface area contributed by atoms with Crippen molar-refractivity contribution in [1.29, 1.82) is 0 Å². The fourth-order valence-corrected chi connectivity index (χ4v) is 1.85. The summed E-state index contributed by atoms with van der Waals surface area (Å²) >= 11 is 0. The highest BCUT2D eigenvalue weighted by Gasteiger charge is 2.18. The fraction of sp³-hybridized carbons (Fsp3) is 0.462. The van der Waals surface area contributed by atoms with Crippen molar-refractivity contribution in [3.8, 4) is 0 Å². The number of rotatable bonds is 4. The third kappa shape index (κ3) is 3.21. The van der Waals surface area contributed by atoms with Gasteiger partial charge in [-0.25, -0.2) is 4.79 Å². The van der Waals surface area contributed by atoms with Crippen molar-refractivity contribution in [2.45, 2.75) is 27.3 Å². The summed E-state index contributed by atoms with van der Waals surface area (Å²) in [7, 11) is 1.49. The average molecular weight is 266 g/mol. The molecule has 0 saturated heterocycles. The van der Waals surface area contributed by atoms with E-state index >= 15 is 0 Å². The number of esters is 1. The number of amides is 1. The van der Waals surface area contributed by atoms with Gasteiger partial charge in [0.05, 0.1) is 12.2 Å². The highest BCUT2D eigenvalue weighted by atomic mass is 16.5. The van der Waals surface area contributed by atoms with E-state index in [0.717, 1.165) is 0 Å². The van der Waals surface area contributed by atoms with Crippen molar-refractivity contribution in [3.05, 3.63) is 33.2 Å². The second-order valence-electron chi connectivity index (χ2n) is 4.11. The summed E-state index contributed by atoms with van der Waals surface area (Å²) in [6.07, 6.45) is 0. The summed E-state index contributed by atoms with van der Waals surface area (Å²) in [5, 5.41) is 2.44. The van der Waals surface area contributed by atoms with E-state index in [1.54, 1.807) is 20.8 Å². The maximum absolute atomic E-state index is 11.9. The third-order valence-electron chi connectivity index (χ3n) is 2.83. The van der Waals surface area contributed by atoms with Crippen molar-refractivity contribution in [2.24, 2.45) is 0 Å². The van der Waals surface area contributed by atoms with Gasteiger partial charge in [-0.1, -0.05) is 0 Å². The molecule has 0 aromatic carbocycles. The standard InChI is InChI=1S/C13H18N2O4/c1-5-19-13(18)12-8(2)6-11(17)15(9(12)3)7-10(16)14-4/h6H,5,7H2,1-4H3,(H,14,16). The number of likely N-dealkylation sites (N-methyl/N-ethyl adjacent to an activating group) is 1. The Balaban J connectivity index is 3.34. The van der Waals surface area contributed by atoms with Crippen LogP contribution in [-0.4, -0.2) is 30.1 Å². The highest BCUT2D eigenvalue weighted by molar-refractivity contribution is 5.92. The van der Waals surface area contributed by atoms with E-state index in [9.17, 15) is 14.4 Å². The van der Waals surface area contributed by atoms with Crippen LogP contribution >= 0.6 is 0 Å². The minimum Gasteiger partial charge on any atom is -0.462 e. The number of carbonyl (C=O) groups excluding carboxylic acids is 2. The minimum atomic E-state index is -0.483. The molecule has 0 fully saturated rings. The predicted molar refractivity (Wildman–Crippen MR) is 70.2 cm³/mol. The summed E-state index contributed by atoms with van der Waals surface area (Å²) in [5.41, 5.74) is 1.01. The molecule has 0 unspecified atom stereocenters. The molecule has 104 valence electrons. The molecule has 6 nitrogen and oxygen atoms in total. The van der Waals surface area contributed by atoms with Crippen LogP contribution in [0.2, 0.25) is 0 Å². The number of nitrogens with zero attached hydrogens (tertiary/aromatic N) is 1. The first-order valence-corrected chi connectivity index (χ1v) is 6.01. The van der Waals surface area contributed by atoms with Crippen LogP contribution in [0.1, 0.15) is 28.5 Å². The molecule has 1 aromatic rings. The molecule has 0 aliphatic carbocycles. The van der Waals surface area contributed by atoms with E-state index in [1.807, 2.05) is 0 Å². The number of pyridine rings is 1. The molecule has 0 atom stereocenters. The van der Waals surface area contributed by atoms with Crippen LogP contribution in [0.4, 0.5) is 0 Å². The second-order valence-corrected chi connectivity index (χ2v) is 4.11. The van der Waals surface area contributed by atoms with Gasteiger partial charge in [0.1, 0.15) is 6.54 Å². The van der Waals surface area contributed by atoms with Gasteiger partial charge in [0, 0.05) is 18.8 Å². The van der Waals surface area contributed by atoms with Crippen molar-refractivity contribution in [2.75, 3.05) is 13.7 Å². The van der Waals surface area contributed by atoms with Gasteiger partial charge in [-0.15, -0.1) is 0 Å². The van der Waals surface area contributed by atoms with Gasteiger partial charge in [-0.3, -0.25) is 9.59 Å². The van der Waals surface area contributed by atoms with E-state index in [2.05, 4.69) is 5.32 Å². The lowest BCUT2D eigenvalue weighted by Gasteiger charge is -2.14. The van der Waals surface area contributed by atoms with Crippen LogP contribution in [0.5, 0.6) is 0 Å². The lowest BCUT2D eigenvalue weighted by Crippen LogP contribution is -2.33. The Labute approximate surface area is 111 Å². The SMILES string of the molecule is CCOC(=O)c1c(C)cc(=O)n(CC(=O)NC)c1C. The monoisotopic (exact) mass is 266 g/mol. The number of hydrogen-bond donors (Lipinski definition) is 1. The molecule has 1 rings (SSSR count). The molecule has 0 radical (unpaired) electrons. The van der Waals surface area contributed by atoms with Crippen molar-refractivity contribution in [1.82, 2.24) is 9.88 Å². The minimum absolute atomic E-state index is 0.117. The lowest BCUT2D eigenvalue weighted by molar-refractivity contribution is -0.121.